The van der Waals surface area contributed by atoms with Gasteiger partial charge in [0, 0.05) is 18.0 Å². The highest BCUT2D eigenvalue weighted by molar-refractivity contribution is 6.04. The number of amides is 1. The highest BCUT2D eigenvalue weighted by atomic mass is 19.2. The van der Waals surface area contributed by atoms with E-state index in [1.165, 1.54) is 7.11 Å². The monoisotopic (exact) mass is 264 g/mol. The van der Waals surface area contributed by atoms with E-state index >= 15 is 0 Å². The van der Waals surface area contributed by atoms with E-state index in [0.29, 0.717) is 11.4 Å². The van der Waals surface area contributed by atoms with Crippen molar-refractivity contribution in [2.45, 2.75) is 0 Å². The van der Waals surface area contributed by atoms with Crippen LogP contribution in [0.5, 0.6) is 5.75 Å². The molecule has 1 aromatic heterocycles. The molecule has 0 unspecified atom stereocenters. The summed E-state index contributed by atoms with van der Waals surface area (Å²) >= 11 is 0. The lowest BCUT2D eigenvalue weighted by molar-refractivity contribution is 0.102. The molecule has 4 nitrogen and oxygen atoms in total. The summed E-state index contributed by atoms with van der Waals surface area (Å²) in [5.41, 5.74) is 0.0105. The van der Waals surface area contributed by atoms with Gasteiger partial charge in [-0.25, -0.2) is 9.37 Å². The van der Waals surface area contributed by atoms with E-state index in [1.807, 2.05) is 0 Å². The first-order valence-electron chi connectivity index (χ1n) is 5.37. The third-order valence-corrected chi connectivity index (χ3v) is 2.42. The van der Waals surface area contributed by atoms with Crippen LogP contribution in [0.1, 0.15) is 10.4 Å². The number of hydrogen-bond acceptors (Lipinski definition) is 3. The van der Waals surface area contributed by atoms with Crippen LogP contribution in [-0.4, -0.2) is 18.0 Å². The van der Waals surface area contributed by atoms with Crippen LogP contribution < -0.4 is 10.1 Å². The second-order valence-corrected chi connectivity index (χ2v) is 3.65. The fraction of sp³-hybridized carbons (Fsp3) is 0.0769. The van der Waals surface area contributed by atoms with Gasteiger partial charge in [-0.2, -0.15) is 4.39 Å². The molecular formula is C13H10F2N2O2. The van der Waals surface area contributed by atoms with Crippen molar-refractivity contribution in [2.75, 3.05) is 12.4 Å². The topological polar surface area (TPSA) is 51.2 Å². The molecule has 1 aromatic carbocycles. The molecule has 0 aliphatic heterocycles. The molecule has 1 amide bonds. The SMILES string of the molecule is COc1cccc(NC(=O)c2ccnc(F)c2F)c1. The molecule has 0 spiro atoms. The average molecular weight is 264 g/mol. The van der Waals surface area contributed by atoms with Crippen molar-refractivity contribution in [3.8, 4) is 5.75 Å². The Kier molecular flexibility index (Phi) is 3.70. The summed E-state index contributed by atoms with van der Waals surface area (Å²) in [6.07, 6.45) is 1.03. The number of hydrogen-bond donors (Lipinski definition) is 1. The molecule has 1 N–H and O–H groups in total. The summed E-state index contributed by atoms with van der Waals surface area (Å²) in [4.78, 5) is 14.9. The van der Waals surface area contributed by atoms with Crippen LogP contribution in [0.2, 0.25) is 0 Å². The van der Waals surface area contributed by atoms with Crippen molar-refractivity contribution in [2.24, 2.45) is 0 Å². The number of methoxy groups -OCH3 is 1. The lowest BCUT2D eigenvalue weighted by Crippen LogP contribution is -2.15. The Bertz CT molecular complexity index is 617. The van der Waals surface area contributed by atoms with E-state index in [9.17, 15) is 13.6 Å². The Balaban J connectivity index is 2.23. The fourth-order valence-corrected chi connectivity index (χ4v) is 1.49. The third kappa shape index (κ3) is 2.85. The Morgan fingerprint density at radius 1 is 1.32 bits per heavy atom. The number of halogens is 2. The smallest absolute Gasteiger partial charge is 0.258 e. The van der Waals surface area contributed by atoms with Gasteiger partial charge in [-0.05, 0) is 18.2 Å². The molecule has 0 atom stereocenters. The molecule has 0 aliphatic carbocycles. The molecule has 2 rings (SSSR count). The third-order valence-electron chi connectivity index (χ3n) is 2.42. The number of anilines is 1. The first kappa shape index (κ1) is 12.9. The molecule has 0 fully saturated rings. The predicted octanol–water partition coefficient (Wildman–Crippen LogP) is 2.62. The molecule has 0 radical (unpaired) electrons. The maximum absolute atomic E-state index is 13.4. The lowest BCUT2D eigenvalue weighted by Gasteiger charge is -2.07. The number of rotatable bonds is 3. The van der Waals surface area contributed by atoms with Crippen molar-refractivity contribution in [3.63, 3.8) is 0 Å². The molecule has 6 heteroatoms. The largest absolute Gasteiger partial charge is 0.497 e. The van der Waals surface area contributed by atoms with E-state index in [1.54, 1.807) is 24.3 Å². The normalized spacial score (nSPS) is 10.1. The van der Waals surface area contributed by atoms with E-state index in [-0.39, 0.29) is 0 Å². The summed E-state index contributed by atoms with van der Waals surface area (Å²) in [5.74, 6) is -2.80. The lowest BCUT2D eigenvalue weighted by atomic mass is 10.2. The minimum atomic E-state index is -1.31. The van der Waals surface area contributed by atoms with Crippen molar-refractivity contribution in [1.82, 2.24) is 4.98 Å². The Morgan fingerprint density at radius 2 is 2.11 bits per heavy atom. The zero-order chi connectivity index (χ0) is 13.8. The predicted molar refractivity (Wildman–Crippen MR) is 65.1 cm³/mol. The van der Waals surface area contributed by atoms with E-state index in [4.69, 9.17) is 4.74 Å². The van der Waals surface area contributed by atoms with Crippen LogP contribution in [0.25, 0.3) is 0 Å². The van der Waals surface area contributed by atoms with E-state index < -0.39 is 23.2 Å². The van der Waals surface area contributed by atoms with Crippen LogP contribution >= 0.6 is 0 Å². The number of aromatic nitrogens is 1. The fourth-order valence-electron chi connectivity index (χ4n) is 1.49. The maximum atomic E-state index is 13.4. The Hall–Kier alpha value is -2.50. The second kappa shape index (κ2) is 5.43. The quantitative estimate of drug-likeness (QED) is 0.867. The molecule has 0 bridgehead atoms. The van der Waals surface area contributed by atoms with E-state index in [2.05, 4.69) is 10.3 Å². The van der Waals surface area contributed by atoms with Gasteiger partial charge in [-0.15, -0.1) is 0 Å². The molecule has 2 aromatic rings. The number of nitrogens with zero attached hydrogens (tertiary/aromatic N) is 1. The minimum Gasteiger partial charge on any atom is -0.497 e. The van der Waals surface area contributed by atoms with Crippen LogP contribution in [0.15, 0.2) is 36.5 Å². The van der Waals surface area contributed by atoms with Gasteiger partial charge in [0.15, 0.2) is 5.82 Å². The van der Waals surface area contributed by atoms with Gasteiger partial charge in [0.25, 0.3) is 5.91 Å². The molecule has 1 heterocycles. The van der Waals surface area contributed by atoms with Crippen molar-refractivity contribution >= 4 is 11.6 Å². The van der Waals surface area contributed by atoms with Gasteiger partial charge >= 0.3 is 0 Å². The zero-order valence-corrected chi connectivity index (χ0v) is 9.98. The summed E-state index contributed by atoms with van der Waals surface area (Å²) in [7, 11) is 1.48. The number of nitrogens with one attached hydrogen (secondary N) is 1. The zero-order valence-electron chi connectivity index (χ0n) is 9.98. The first-order chi connectivity index (χ1) is 9.11. The highest BCUT2D eigenvalue weighted by Crippen LogP contribution is 2.18. The number of carbonyl (C=O) groups excluding carboxylic acids is 1. The van der Waals surface area contributed by atoms with Crippen LogP contribution in [0.3, 0.4) is 0 Å². The van der Waals surface area contributed by atoms with Crippen LogP contribution in [0, 0.1) is 11.8 Å². The van der Waals surface area contributed by atoms with Gasteiger partial charge in [0.1, 0.15) is 5.75 Å². The first-order valence-corrected chi connectivity index (χ1v) is 5.37. The van der Waals surface area contributed by atoms with Gasteiger partial charge in [0.2, 0.25) is 5.95 Å². The highest BCUT2D eigenvalue weighted by Gasteiger charge is 2.16. The molecule has 0 saturated heterocycles. The summed E-state index contributed by atoms with van der Waals surface area (Å²) in [5, 5.41) is 2.45. The van der Waals surface area contributed by atoms with Crippen LogP contribution in [-0.2, 0) is 0 Å². The number of ether oxygens (including phenoxy) is 1. The molecule has 98 valence electrons. The summed E-state index contributed by atoms with van der Waals surface area (Å²) in [6.45, 7) is 0. The number of pyridine rings is 1. The van der Waals surface area contributed by atoms with Gasteiger partial charge < -0.3 is 10.1 Å². The van der Waals surface area contributed by atoms with E-state index in [0.717, 1.165) is 12.3 Å². The Morgan fingerprint density at radius 3 is 2.84 bits per heavy atom. The van der Waals surface area contributed by atoms with Gasteiger partial charge in [0.05, 0.1) is 12.7 Å². The average Bonchev–Trinajstić information content (AvgIpc) is 2.42. The summed E-state index contributed by atoms with van der Waals surface area (Å²) in [6, 6.07) is 7.64. The second-order valence-electron chi connectivity index (χ2n) is 3.65. The summed E-state index contributed by atoms with van der Waals surface area (Å²) < 4.78 is 31.3. The molecule has 19 heavy (non-hydrogen) atoms. The van der Waals surface area contributed by atoms with Gasteiger partial charge in [-0.3, -0.25) is 4.79 Å². The van der Waals surface area contributed by atoms with Crippen molar-refractivity contribution in [1.29, 1.82) is 0 Å². The number of benzene rings is 1. The molecule has 0 aliphatic rings. The maximum Gasteiger partial charge on any atom is 0.258 e. The molecule has 0 saturated carbocycles. The standard InChI is InChI=1S/C13H10F2N2O2/c1-19-9-4-2-3-8(7-9)17-13(18)10-5-6-16-12(15)11(10)14/h2-7H,1H3,(H,17,18). The Labute approximate surface area is 108 Å². The minimum absolute atomic E-state index is 0.407. The van der Waals surface area contributed by atoms with Crippen molar-refractivity contribution < 1.29 is 18.3 Å². The van der Waals surface area contributed by atoms with Crippen molar-refractivity contribution in [3.05, 3.63) is 53.9 Å². The molecular weight excluding hydrogens is 254 g/mol. The number of carbonyl (C=O) groups is 1. The van der Waals surface area contributed by atoms with Crippen LogP contribution in [0.4, 0.5) is 14.5 Å². The van der Waals surface area contributed by atoms with Gasteiger partial charge in [-0.1, -0.05) is 6.07 Å².